The highest BCUT2D eigenvalue weighted by Gasteiger charge is 2.01. The lowest BCUT2D eigenvalue weighted by atomic mass is 10.2. The van der Waals surface area contributed by atoms with Crippen molar-refractivity contribution in [3.63, 3.8) is 0 Å². The molecule has 1 amide bonds. The highest BCUT2D eigenvalue weighted by Crippen LogP contribution is 1.97. The van der Waals surface area contributed by atoms with Crippen LogP contribution in [0.2, 0.25) is 0 Å². The fourth-order valence-electron chi connectivity index (χ4n) is 1.66. The summed E-state index contributed by atoms with van der Waals surface area (Å²) < 4.78 is 2.00. The number of rotatable bonds is 6. The number of hydrogen-bond acceptors (Lipinski definition) is 3. The van der Waals surface area contributed by atoms with Crippen molar-refractivity contribution in [3.8, 4) is 0 Å². The molecule has 2 aromatic rings. The Bertz CT molecular complexity index is 467. The van der Waals surface area contributed by atoms with Crippen molar-refractivity contribution >= 4 is 5.91 Å². The van der Waals surface area contributed by atoms with Crippen LogP contribution in [0.5, 0.6) is 0 Å². The molecular formula is C13H16N4O. The van der Waals surface area contributed by atoms with Crippen LogP contribution in [0.1, 0.15) is 12.0 Å². The predicted octanol–water partition coefficient (Wildman–Crippen LogP) is 1.03. The molecule has 0 saturated carbocycles. The summed E-state index contributed by atoms with van der Waals surface area (Å²) in [5.74, 6) is 0.0480. The van der Waals surface area contributed by atoms with Gasteiger partial charge in [0, 0.05) is 37.9 Å². The van der Waals surface area contributed by atoms with Crippen LogP contribution in [0.4, 0.5) is 0 Å². The first-order valence-corrected chi connectivity index (χ1v) is 5.96. The molecule has 5 nitrogen and oxygen atoms in total. The first-order chi connectivity index (χ1) is 8.84. The first kappa shape index (κ1) is 12.3. The zero-order chi connectivity index (χ0) is 12.6. The van der Waals surface area contributed by atoms with Crippen LogP contribution in [-0.2, 0) is 17.8 Å². The minimum atomic E-state index is 0.0480. The number of hydrogen-bond donors (Lipinski definition) is 1. The molecular weight excluding hydrogens is 228 g/mol. The van der Waals surface area contributed by atoms with Gasteiger partial charge >= 0.3 is 0 Å². The molecule has 1 N–H and O–H groups in total. The van der Waals surface area contributed by atoms with Gasteiger partial charge in [-0.05, 0) is 24.1 Å². The number of nitrogens with zero attached hydrogens (tertiary/aromatic N) is 3. The van der Waals surface area contributed by atoms with E-state index < -0.39 is 0 Å². The lowest BCUT2D eigenvalue weighted by Gasteiger charge is -2.05. The Kier molecular flexibility index (Phi) is 4.46. The van der Waals surface area contributed by atoms with E-state index in [1.54, 1.807) is 24.9 Å². The number of carbonyl (C=O) groups is 1. The molecule has 0 radical (unpaired) electrons. The second kappa shape index (κ2) is 6.54. The molecule has 18 heavy (non-hydrogen) atoms. The second-order valence-electron chi connectivity index (χ2n) is 4.04. The number of aryl methyl sites for hydroxylation is 1. The Balaban J connectivity index is 1.63. The zero-order valence-electron chi connectivity index (χ0n) is 10.1. The predicted molar refractivity (Wildman–Crippen MR) is 67.8 cm³/mol. The van der Waals surface area contributed by atoms with Gasteiger partial charge in [0.1, 0.15) is 0 Å². The monoisotopic (exact) mass is 244 g/mol. The zero-order valence-corrected chi connectivity index (χ0v) is 10.1. The third-order valence-electron chi connectivity index (χ3n) is 2.59. The minimum Gasteiger partial charge on any atom is -0.356 e. The van der Waals surface area contributed by atoms with Crippen LogP contribution in [0.15, 0.2) is 43.2 Å². The number of aromatic nitrogens is 3. The lowest BCUT2D eigenvalue weighted by molar-refractivity contribution is -0.120. The van der Waals surface area contributed by atoms with E-state index in [0.717, 1.165) is 18.5 Å². The molecule has 0 aromatic carbocycles. The summed E-state index contributed by atoms with van der Waals surface area (Å²) in [5, 5.41) is 2.90. The summed E-state index contributed by atoms with van der Waals surface area (Å²) in [6.07, 6.45) is 10.1. The molecule has 0 aliphatic carbocycles. The van der Waals surface area contributed by atoms with Crippen molar-refractivity contribution in [3.05, 3.63) is 48.8 Å². The Hall–Kier alpha value is -2.17. The summed E-state index contributed by atoms with van der Waals surface area (Å²) in [6, 6.07) is 3.70. The summed E-state index contributed by atoms with van der Waals surface area (Å²) in [5.41, 5.74) is 0.983. The lowest BCUT2D eigenvalue weighted by Crippen LogP contribution is -2.26. The van der Waals surface area contributed by atoms with Crippen LogP contribution >= 0.6 is 0 Å². The van der Waals surface area contributed by atoms with Gasteiger partial charge in [-0.25, -0.2) is 4.98 Å². The third-order valence-corrected chi connectivity index (χ3v) is 2.59. The maximum Gasteiger partial charge on any atom is 0.224 e. The van der Waals surface area contributed by atoms with Crippen molar-refractivity contribution in [2.75, 3.05) is 6.54 Å². The van der Waals surface area contributed by atoms with Crippen molar-refractivity contribution in [1.82, 2.24) is 19.9 Å². The highest BCUT2D eigenvalue weighted by atomic mass is 16.1. The average molecular weight is 244 g/mol. The van der Waals surface area contributed by atoms with E-state index in [0.29, 0.717) is 13.0 Å². The van der Waals surface area contributed by atoms with Gasteiger partial charge in [0.2, 0.25) is 5.91 Å². The second-order valence-corrected chi connectivity index (χ2v) is 4.04. The Morgan fingerprint density at radius 1 is 1.22 bits per heavy atom. The quantitative estimate of drug-likeness (QED) is 0.772. The van der Waals surface area contributed by atoms with Gasteiger partial charge < -0.3 is 9.88 Å². The smallest absolute Gasteiger partial charge is 0.224 e. The van der Waals surface area contributed by atoms with E-state index in [9.17, 15) is 4.79 Å². The molecule has 0 unspecified atom stereocenters. The van der Waals surface area contributed by atoms with Gasteiger partial charge in [0.05, 0.1) is 12.7 Å². The van der Waals surface area contributed by atoms with E-state index in [1.807, 2.05) is 22.9 Å². The molecule has 94 valence electrons. The largest absolute Gasteiger partial charge is 0.356 e. The maximum atomic E-state index is 11.6. The molecule has 0 bridgehead atoms. The topological polar surface area (TPSA) is 59.8 Å². The Morgan fingerprint density at radius 2 is 2.06 bits per heavy atom. The van der Waals surface area contributed by atoms with Crippen LogP contribution in [0.25, 0.3) is 0 Å². The van der Waals surface area contributed by atoms with E-state index >= 15 is 0 Å². The van der Waals surface area contributed by atoms with E-state index in [1.165, 1.54) is 0 Å². The molecule has 2 aromatic heterocycles. The van der Waals surface area contributed by atoms with Crippen LogP contribution in [0.3, 0.4) is 0 Å². The number of pyridine rings is 1. The van der Waals surface area contributed by atoms with Crippen LogP contribution in [-0.4, -0.2) is 27.0 Å². The molecule has 0 aliphatic heterocycles. The van der Waals surface area contributed by atoms with Crippen LogP contribution < -0.4 is 5.32 Å². The Morgan fingerprint density at radius 3 is 2.78 bits per heavy atom. The molecule has 5 heteroatoms. The number of nitrogens with one attached hydrogen (secondary N) is 1. The molecule has 0 fully saturated rings. The summed E-state index contributed by atoms with van der Waals surface area (Å²) in [4.78, 5) is 19.5. The van der Waals surface area contributed by atoms with E-state index in [2.05, 4.69) is 15.3 Å². The fourth-order valence-corrected chi connectivity index (χ4v) is 1.66. The Labute approximate surface area is 106 Å². The van der Waals surface area contributed by atoms with Gasteiger partial charge in [-0.15, -0.1) is 0 Å². The fraction of sp³-hybridized carbons (Fsp3) is 0.308. The standard InChI is InChI=1S/C13H16N4O/c18-13(10-12-2-5-14-6-3-12)16-4-1-8-17-9-7-15-11-17/h2-3,5-7,9,11H,1,4,8,10H2,(H,16,18). The average Bonchev–Trinajstić information content (AvgIpc) is 2.89. The summed E-state index contributed by atoms with van der Waals surface area (Å²) in [7, 11) is 0. The highest BCUT2D eigenvalue weighted by molar-refractivity contribution is 5.78. The normalized spacial score (nSPS) is 10.2. The van der Waals surface area contributed by atoms with E-state index in [4.69, 9.17) is 0 Å². The number of amides is 1. The molecule has 2 rings (SSSR count). The van der Waals surface area contributed by atoms with Crippen molar-refractivity contribution in [2.24, 2.45) is 0 Å². The van der Waals surface area contributed by atoms with Gasteiger partial charge in [-0.3, -0.25) is 9.78 Å². The SMILES string of the molecule is O=C(Cc1ccncc1)NCCCn1ccnc1. The molecule has 0 aliphatic rings. The van der Waals surface area contributed by atoms with Crippen molar-refractivity contribution in [1.29, 1.82) is 0 Å². The van der Waals surface area contributed by atoms with Crippen molar-refractivity contribution < 1.29 is 4.79 Å². The molecule has 2 heterocycles. The van der Waals surface area contributed by atoms with Gasteiger partial charge in [-0.1, -0.05) is 0 Å². The molecule has 0 atom stereocenters. The van der Waals surface area contributed by atoms with Crippen LogP contribution in [0, 0.1) is 0 Å². The van der Waals surface area contributed by atoms with Gasteiger partial charge in [-0.2, -0.15) is 0 Å². The maximum absolute atomic E-state index is 11.6. The van der Waals surface area contributed by atoms with Gasteiger partial charge in [0.15, 0.2) is 0 Å². The molecule has 0 saturated heterocycles. The summed E-state index contributed by atoms with van der Waals surface area (Å²) >= 11 is 0. The number of carbonyl (C=O) groups excluding carboxylic acids is 1. The minimum absolute atomic E-state index is 0.0480. The van der Waals surface area contributed by atoms with E-state index in [-0.39, 0.29) is 5.91 Å². The van der Waals surface area contributed by atoms with Gasteiger partial charge in [0.25, 0.3) is 0 Å². The van der Waals surface area contributed by atoms with Crippen molar-refractivity contribution in [2.45, 2.75) is 19.4 Å². The molecule has 0 spiro atoms. The first-order valence-electron chi connectivity index (χ1n) is 5.96. The summed E-state index contributed by atoms with van der Waals surface area (Å²) in [6.45, 7) is 1.55. The number of imidazole rings is 1. The third kappa shape index (κ3) is 4.01.